The highest BCUT2D eigenvalue weighted by Gasteiger charge is 2.33. The van der Waals surface area contributed by atoms with Gasteiger partial charge < -0.3 is 10.0 Å². The fourth-order valence-electron chi connectivity index (χ4n) is 4.88. The van der Waals surface area contributed by atoms with E-state index >= 15 is 0 Å². The number of aromatic carboxylic acids is 1. The van der Waals surface area contributed by atoms with Gasteiger partial charge in [-0.3, -0.25) is 9.20 Å². The Morgan fingerprint density at radius 3 is 2.43 bits per heavy atom. The molecule has 6 nitrogen and oxygen atoms in total. The van der Waals surface area contributed by atoms with Gasteiger partial charge in [-0.15, -0.1) is 22.7 Å². The molecular formula is C27H29N3O3S2. The van der Waals surface area contributed by atoms with Gasteiger partial charge in [-0.2, -0.15) is 0 Å². The second-order valence-electron chi connectivity index (χ2n) is 9.69. The monoisotopic (exact) mass is 507 g/mol. The number of fused-ring (bicyclic) bond motifs is 1. The normalized spacial score (nSPS) is 18.3. The van der Waals surface area contributed by atoms with Crippen molar-refractivity contribution in [2.45, 2.75) is 52.5 Å². The van der Waals surface area contributed by atoms with Gasteiger partial charge in [0.2, 0.25) is 5.91 Å². The van der Waals surface area contributed by atoms with Gasteiger partial charge in [0.15, 0.2) is 4.96 Å². The third-order valence-corrected chi connectivity index (χ3v) is 8.78. The minimum absolute atomic E-state index is 0.0394. The number of thiazole rings is 1. The van der Waals surface area contributed by atoms with E-state index in [0.29, 0.717) is 11.6 Å². The Balaban J connectivity index is 1.46. The summed E-state index contributed by atoms with van der Waals surface area (Å²) < 4.78 is 2.00. The number of benzene rings is 1. The number of anilines is 1. The Kier molecular flexibility index (Phi) is 6.51. The largest absolute Gasteiger partial charge is 0.477 e. The van der Waals surface area contributed by atoms with Crippen LogP contribution in [0.15, 0.2) is 48.1 Å². The summed E-state index contributed by atoms with van der Waals surface area (Å²) in [7, 11) is 0. The van der Waals surface area contributed by atoms with Crippen LogP contribution in [0.1, 0.15) is 56.1 Å². The van der Waals surface area contributed by atoms with Crippen LogP contribution in [0.3, 0.4) is 0 Å². The highest BCUT2D eigenvalue weighted by molar-refractivity contribution is 7.18. The van der Waals surface area contributed by atoms with Gasteiger partial charge in [-0.1, -0.05) is 31.2 Å². The molecule has 0 unspecified atom stereocenters. The molecule has 0 bridgehead atoms. The SMILES string of the molecule is CC1CCC(C(=O)N(c2cc(-c3ccc(-c4cn5ccsc5n4)cc3)sc2C(=O)O)C(C)C)CC1. The molecular weight excluding hydrogens is 478 g/mol. The minimum atomic E-state index is -0.998. The first kappa shape index (κ1) is 23.8. The Hall–Kier alpha value is -2.97. The number of nitrogens with zero attached hydrogens (tertiary/aromatic N) is 3. The third kappa shape index (κ3) is 4.65. The average Bonchev–Trinajstić information content (AvgIpc) is 3.55. The molecule has 0 radical (unpaired) electrons. The van der Waals surface area contributed by atoms with Crippen LogP contribution >= 0.6 is 22.7 Å². The van der Waals surface area contributed by atoms with Crippen LogP contribution in [0.4, 0.5) is 5.69 Å². The number of imidazole rings is 1. The molecule has 1 fully saturated rings. The van der Waals surface area contributed by atoms with Crippen molar-refractivity contribution in [3.05, 3.63) is 53.0 Å². The molecule has 4 aromatic rings. The molecule has 1 aliphatic carbocycles. The topological polar surface area (TPSA) is 74.9 Å². The standard InChI is InChI=1S/C27H29N3O3S2/c1-16(2)30(25(31)20-6-4-17(3)5-7-20)22-14-23(35-24(22)26(32)33)19-10-8-18(9-11-19)21-15-29-12-13-34-27(29)28-21/h8-17,20H,4-7H2,1-3H3,(H,32,33). The molecule has 0 spiro atoms. The molecule has 35 heavy (non-hydrogen) atoms. The number of thiophene rings is 1. The summed E-state index contributed by atoms with van der Waals surface area (Å²) in [5, 5.41) is 12.0. The van der Waals surface area contributed by atoms with Gasteiger partial charge in [0.1, 0.15) is 4.88 Å². The lowest BCUT2D eigenvalue weighted by Crippen LogP contribution is -2.42. The summed E-state index contributed by atoms with van der Waals surface area (Å²) in [4.78, 5) is 34.1. The van der Waals surface area contributed by atoms with Gasteiger partial charge in [0.05, 0.1) is 11.4 Å². The van der Waals surface area contributed by atoms with Crippen molar-refractivity contribution in [3.8, 4) is 21.7 Å². The number of hydrogen-bond acceptors (Lipinski definition) is 5. The van der Waals surface area contributed by atoms with Crippen LogP contribution in [0.2, 0.25) is 0 Å². The average molecular weight is 508 g/mol. The Morgan fingerprint density at radius 2 is 1.80 bits per heavy atom. The van der Waals surface area contributed by atoms with Gasteiger partial charge >= 0.3 is 5.97 Å². The molecule has 1 amide bonds. The zero-order valence-corrected chi connectivity index (χ0v) is 21.7. The lowest BCUT2D eigenvalue weighted by atomic mass is 9.82. The minimum Gasteiger partial charge on any atom is -0.477 e. The number of carboxylic acid groups (broad SMARTS) is 1. The molecule has 1 aromatic carbocycles. The Bertz CT molecular complexity index is 1330. The van der Waals surface area contributed by atoms with Gasteiger partial charge in [0.25, 0.3) is 0 Å². The van der Waals surface area contributed by atoms with E-state index in [9.17, 15) is 14.7 Å². The molecule has 0 saturated heterocycles. The van der Waals surface area contributed by atoms with Crippen molar-refractivity contribution in [2.24, 2.45) is 11.8 Å². The number of amides is 1. The van der Waals surface area contributed by atoms with E-state index in [-0.39, 0.29) is 22.7 Å². The van der Waals surface area contributed by atoms with Crippen molar-refractivity contribution in [2.75, 3.05) is 4.90 Å². The molecule has 1 N–H and O–H groups in total. The van der Waals surface area contributed by atoms with Gasteiger partial charge in [-0.05, 0) is 57.1 Å². The highest BCUT2D eigenvalue weighted by atomic mass is 32.1. The maximum Gasteiger partial charge on any atom is 0.348 e. The molecule has 8 heteroatoms. The molecule has 1 saturated carbocycles. The summed E-state index contributed by atoms with van der Waals surface area (Å²) in [5.74, 6) is -0.340. The summed E-state index contributed by atoms with van der Waals surface area (Å²) in [5.41, 5.74) is 3.34. The first-order valence-corrected chi connectivity index (χ1v) is 13.7. The van der Waals surface area contributed by atoms with Crippen LogP contribution < -0.4 is 4.90 Å². The number of carbonyl (C=O) groups excluding carboxylic acids is 1. The summed E-state index contributed by atoms with van der Waals surface area (Å²) in [6.07, 6.45) is 7.83. The second kappa shape index (κ2) is 9.59. The quantitative estimate of drug-likeness (QED) is 0.303. The predicted octanol–water partition coefficient (Wildman–Crippen LogP) is 7.06. The third-order valence-electron chi connectivity index (χ3n) is 6.84. The van der Waals surface area contributed by atoms with Crippen molar-refractivity contribution < 1.29 is 14.7 Å². The molecule has 3 aromatic heterocycles. The number of hydrogen-bond donors (Lipinski definition) is 1. The van der Waals surface area contributed by atoms with Gasteiger partial charge in [0, 0.05) is 40.2 Å². The Morgan fingerprint density at radius 1 is 1.11 bits per heavy atom. The zero-order valence-electron chi connectivity index (χ0n) is 20.1. The van der Waals surface area contributed by atoms with E-state index in [1.165, 1.54) is 11.3 Å². The molecule has 3 heterocycles. The van der Waals surface area contributed by atoms with E-state index < -0.39 is 5.97 Å². The van der Waals surface area contributed by atoms with E-state index in [1.807, 2.05) is 66.4 Å². The predicted molar refractivity (Wildman–Crippen MR) is 143 cm³/mol. The molecule has 182 valence electrons. The van der Waals surface area contributed by atoms with Crippen molar-refractivity contribution >= 4 is 45.2 Å². The summed E-state index contributed by atoms with van der Waals surface area (Å²) >= 11 is 2.82. The Labute approximate surface area is 212 Å². The molecule has 1 aliphatic rings. The second-order valence-corrected chi connectivity index (χ2v) is 11.6. The maximum atomic E-state index is 13.6. The van der Waals surface area contributed by atoms with Crippen LogP contribution in [0.5, 0.6) is 0 Å². The number of carbonyl (C=O) groups is 2. The zero-order chi connectivity index (χ0) is 24.7. The van der Waals surface area contributed by atoms with Crippen molar-refractivity contribution in [1.82, 2.24) is 9.38 Å². The van der Waals surface area contributed by atoms with Crippen LogP contribution in [0, 0.1) is 11.8 Å². The van der Waals surface area contributed by atoms with Crippen molar-refractivity contribution in [1.29, 1.82) is 0 Å². The fraction of sp³-hybridized carbons (Fsp3) is 0.370. The smallest absolute Gasteiger partial charge is 0.348 e. The first-order chi connectivity index (χ1) is 16.8. The van der Waals surface area contributed by atoms with E-state index in [0.717, 1.165) is 52.3 Å². The van der Waals surface area contributed by atoms with Crippen LogP contribution in [-0.4, -0.2) is 32.4 Å². The molecule has 5 rings (SSSR count). The van der Waals surface area contributed by atoms with E-state index in [4.69, 9.17) is 0 Å². The summed E-state index contributed by atoms with van der Waals surface area (Å²) in [6.45, 7) is 6.14. The van der Waals surface area contributed by atoms with Crippen molar-refractivity contribution in [3.63, 3.8) is 0 Å². The molecule has 0 atom stereocenters. The lowest BCUT2D eigenvalue weighted by molar-refractivity contribution is -0.123. The number of aromatic nitrogens is 2. The van der Waals surface area contributed by atoms with Gasteiger partial charge in [-0.25, -0.2) is 9.78 Å². The first-order valence-electron chi connectivity index (χ1n) is 12.0. The lowest BCUT2D eigenvalue weighted by Gasteiger charge is -2.33. The number of carboxylic acids is 1. The fourth-order valence-corrected chi connectivity index (χ4v) is 6.58. The number of rotatable bonds is 6. The highest BCUT2D eigenvalue weighted by Crippen LogP contribution is 2.40. The van der Waals surface area contributed by atoms with E-state index in [2.05, 4.69) is 11.9 Å². The van der Waals surface area contributed by atoms with Crippen LogP contribution in [0.25, 0.3) is 26.7 Å². The molecule has 0 aliphatic heterocycles. The van der Waals surface area contributed by atoms with E-state index in [1.54, 1.807) is 16.2 Å². The maximum absolute atomic E-state index is 13.6. The van der Waals surface area contributed by atoms with Crippen LogP contribution in [-0.2, 0) is 4.79 Å². The summed E-state index contributed by atoms with van der Waals surface area (Å²) in [6, 6.07) is 9.76.